The molecule has 0 N–H and O–H groups in total. The monoisotopic (exact) mass is 325 g/mol. The second-order valence-electron chi connectivity index (χ2n) is 5.35. The lowest BCUT2D eigenvalue weighted by Gasteiger charge is -2.20. The SMILES string of the molecule is CCC1CCCN(CCOc2ccc(Br)cc2)CC1. The summed E-state index contributed by atoms with van der Waals surface area (Å²) in [6.45, 7) is 6.63. The van der Waals surface area contributed by atoms with E-state index >= 15 is 0 Å². The average Bonchev–Trinajstić information content (AvgIpc) is 2.66. The van der Waals surface area contributed by atoms with Gasteiger partial charge in [0.2, 0.25) is 0 Å². The van der Waals surface area contributed by atoms with E-state index < -0.39 is 0 Å². The zero-order chi connectivity index (χ0) is 13.5. The summed E-state index contributed by atoms with van der Waals surface area (Å²) in [5, 5.41) is 0. The highest BCUT2D eigenvalue weighted by atomic mass is 79.9. The van der Waals surface area contributed by atoms with Crippen molar-refractivity contribution < 1.29 is 4.74 Å². The maximum atomic E-state index is 5.80. The molecule has 0 radical (unpaired) electrons. The molecular weight excluding hydrogens is 302 g/mol. The number of hydrogen-bond donors (Lipinski definition) is 0. The van der Waals surface area contributed by atoms with Gasteiger partial charge < -0.3 is 4.74 Å². The molecule has 1 aliphatic rings. The molecule has 2 rings (SSSR count). The molecule has 1 heterocycles. The normalized spacial score (nSPS) is 21.1. The molecule has 1 aromatic rings. The third-order valence-corrected chi connectivity index (χ3v) is 4.54. The number of ether oxygens (including phenoxy) is 1. The maximum absolute atomic E-state index is 5.80. The van der Waals surface area contributed by atoms with E-state index in [1.54, 1.807) is 0 Å². The van der Waals surface area contributed by atoms with Gasteiger partial charge in [0, 0.05) is 11.0 Å². The van der Waals surface area contributed by atoms with Crippen molar-refractivity contribution in [2.45, 2.75) is 32.6 Å². The molecule has 2 nitrogen and oxygen atoms in total. The van der Waals surface area contributed by atoms with Crippen LogP contribution in [0.1, 0.15) is 32.6 Å². The number of nitrogens with zero attached hydrogens (tertiary/aromatic N) is 1. The van der Waals surface area contributed by atoms with Gasteiger partial charge in [0.05, 0.1) is 0 Å². The van der Waals surface area contributed by atoms with Crippen LogP contribution in [0.2, 0.25) is 0 Å². The molecule has 0 aliphatic carbocycles. The van der Waals surface area contributed by atoms with Gasteiger partial charge in [-0.25, -0.2) is 0 Å². The van der Waals surface area contributed by atoms with E-state index in [2.05, 4.69) is 27.8 Å². The van der Waals surface area contributed by atoms with Crippen LogP contribution in [0.15, 0.2) is 28.7 Å². The molecule has 0 bridgehead atoms. The maximum Gasteiger partial charge on any atom is 0.119 e. The van der Waals surface area contributed by atoms with Crippen LogP contribution in [-0.2, 0) is 0 Å². The van der Waals surface area contributed by atoms with Crippen LogP contribution in [-0.4, -0.2) is 31.1 Å². The van der Waals surface area contributed by atoms with Crippen molar-refractivity contribution in [1.82, 2.24) is 4.90 Å². The largest absolute Gasteiger partial charge is 0.492 e. The van der Waals surface area contributed by atoms with E-state index in [9.17, 15) is 0 Å². The summed E-state index contributed by atoms with van der Waals surface area (Å²) in [5.41, 5.74) is 0. The highest BCUT2D eigenvalue weighted by Crippen LogP contribution is 2.20. The van der Waals surface area contributed by atoms with Crippen molar-refractivity contribution >= 4 is 15.9 Å². The van der Waals surface area contributed by atoms with Gasteiger partial charge in [-0.2, -0.15) is 0 Å². The van der Waals surface area contributed by atoms with Crippen LogP contribution >= 0.6 is 15.9 Å². The predicted molar refractivity (Wildman–Crippen MR) is 83.7 cm³/mol. The Labute approximate surface area is 125 Å². The molecular formula is C16H24BrNO. The molecule has 1 atom stereocenters. The van der Waals surface area contributed by atoms with E-state index in [1.807, 2.05) is 24.3 Å². The zero-order valence-electron chi connectivity index (χ0n) is 11.8. The first-order valence-corrected chi connectivity index (χ1v) is 8.18. The smallest absolute Gasteiger partial charge is 0.119 e. The molecule has 19 heavy (non-hydrogen) atoms. The first kappa shape index (κ1) is 14.9. The van der Waals surface area contributed by atoms with Gasteiger partial charge in [0.1, 0.15) is 12.4 Å². The third kappa shape index (κ3) is 5.15. The summed E-state index contributed by atoms with van der Waals surface area (Å²) in [6, 6.07) is 8.07. The minimum absolute atomic E-state index is 0.790. The molecule has 1 saturated heterocycles. The van der Waals surface area contributed by atoms with Crippen molar-refractivity contribution in [1.29, 1.82) is 0 Å². The Kier molecular flexibility index (Phi) is 6.18. The predicted octanol–water partition coefficient (Wildman–Crippen LogP) is 4.34. The van der Waals surface area contributed by atoms with Gasteiger partial charge in [-0.1, -0.05) is 29.3 Å². The fourth-order valence-electron chi connectivity index (χ4n) is 2.68. The van der Waals surface area contributed by atoms with Crippen LogP contribution in [0.25, 0.3) is 0 Å². The molecule has 1 aliphatic heterocycles. The topological polar surface area (TPSA) is 12.5 Å². The number of likely N-dealkylation sites (tertiary alicyclic amines) is 1. The Balaban J connectivity index is 1.69. The lowest BCUT2D eigenvalue weighted by atomic mass is 9.98. The zero-order valence-corrected chi connectivity index (χ0v) is 13.4. The highest BCUT2D eigenvalue weighted by molar-refractivity contribution is 9.10. The summed E-state index contributed by atoms with van der Waals surface area (Å²) in [5.74, 6) is 1.90. The van der Waals surface area contributed by atoms with Crippen molar-refractivity contribution in [3.63, 3.8) is 0 Å². The summed E-state index contributed by atoms with van der Waals surface area (Å²) in [4.78, 5) is 2.55. The van der Waals surface area contributed by atoms with Gasteiger partial charge in [-0.15, -0.1) is 0 Å². The minimum atomic E-state index is 0.790. The summed E-state index contributed by atoms with van der Waals surface area (Å²) < 4.78 is 6.89. The summed E-state index contributed by atoms with van der Waals surface area (Å²) >= 11 is 3.43. The first-order chi connectivity index (χ1) is 9.28. The second-order valence-corrected chi connectivity index (χ2v) is 6.26. The first-order valence-electron chi connectivity index (χ1n) is 7.38. The second kappa shape index (κ2) is 7.91. The van der Waals surface area contributed by atoms with Crippen molar-refractivity contribution in [2.75, 3.05) is 26.2 Å². The van der Waals surface area contributed by atoms with Gasteiger partial charge in [0.15, 0.2) is 0 Å². The van der Waals surface area contributed by atoms with E-state index in [0.29, 0.717) is 0 Å². The molecule has 0 saturated carbocycles. The quantitative estimate of drug-likeness (QED) is 0.798. The Morgan fingerprint density at radius 1 is 1.21 bits per heavy atom. The number of hydrogen-bond acceptors (Lipinski definition) is 2. The van der Waals surface area contributed by atoms with E-state index in [-0.39, 0.29) is 0 Å². The van der Waals surface area contributed by atoms with Gasteiger partial charge in [0.25, 0.3) is 0 Å². The van der Waals surface area contributed by atoms with E-state index in [4.69, 9.17) is 4.74 Å². The fourth-order valence-corrected chi connectivity index (χ4v) is 2.94. The van der Waals surface area contributed by atoms with Crippen molar-refractivity contribution in [3.05, 3.63) is 28.7 Å². The molecule has 3 heteroatoms. The van der Waals surface area contributed by atoms with Gasteiger partial charge in [-0.3, -0.25) is 4.90 Å². The van der Waals surface area contributed by atoms with Gasteiger partial charge in [-0.05, 0) is 62.5 Å². The molecule has 1 unspecified atom stereocenters. The van der Waals surface area contributed by atoms with Crippen LogP contribution in [0, 0.1) is 5.92 Å². The van der Waals surface area contributed by atoms with Crippen LogP contribution < -0.4 is 4.74 Å². The Hall–Kier alpha value is -0.540. The Morgan fingerprint density at radius 2 is 2.00 bits per heavy atom. The van der Waals surface area contributed by atoms with E-state index in [0.717, 1.165) is 29.3 Å². The summed E-state index contributed by atoms with van der Waals surface area (Å²) in [6.07, 6.45) is 5.44. The molecule has 106 valence electrons. The van der Waals surface area contributed by atoms with Crippen LogP contribution in [0.4, 0.5) is 0 Å². The lowest BCUT2D eigenvalue weighted by molar-refractivity contribution is 0.212. The van der Waals surface area contributed by atoms with Crippen LogP contribution in [0.3, 0.4) is 0 Å². The minimum Gasteiger partial charge on any atom is -0.492 e. The fraction of sp³-hybridized carbons (Fsp3) is 0.625. The third-order valence-electron chi connectivity index (χ3n) is 4.01. The molecule has 0 amide bonds. The number of rotatable bonds is 5. The Bertz CT molecular complexity index is 366. The van der Waals surface area contributed by atoms with Crippen molar-refractivity contribution in [2.24, 2.45) is 5.92 Å². The molecule has 1 fully saturated rings. The van der Waals surface area contributed by atoms with Crippen molar-refractivity contribution in [3.8, 4) is 5.75 Å². The molecule has 1 aromatic carbocycles. The molecule has 0 spiro atoms. The van der Waals surface area contributed by atoms with E-state index in [1.165, 1.54) is 38.8 Å². The van der Waals surface area contributed by atoms with Gasteiger partial charge >= 0.3 is 0 Å². The summed E-state index contributed by atoms with van der Waals surface area (Å²) in [7, 11) is 0. The average molecular weight is 326 g/mol. The van der Waals surface area contributed by atoms with Crippen LogP contribution in [0.5, 0.6) is 5.75 Å². The Morgan fingerprint density at radius 3 is 2.74 bits per heavy atom. The standard InChI is InChI=1S/C16H24BrNO/c1-2-14-4-3-10-18(11-9-14)12-13-19-16-7-5-15(17)6-8-16/h5-8,14H,2-4,9-13H2,1H3. The highest BCUT2D eigenvalue weighted by Gasteiger charge is 2.15. The number of halogens is 1. The number of benzene rings is 1. The lowest BCUT2D eigenvalue weighted by Crippen LogP contribution is -2.29. The molecule has 0 aromatic heterocycles.